The number of halogens is 2. The van der Waals surface area contributed by atoms with Crippen LogP contribution in [-0.2, 0) is 0 Å². The summed E-state index contributed by atoms with van der Waals surface area (Å²) in [5.41, 5.74) is 1.26. The monoisotopic (exact) mass is 438 g/mol. The van der Waals surface area contributed by atoms with Crippen molar-refractivity contribution in [3.8, 4) is 17.2 Å². The average molecular weight is 439 g/mol. The van der Waals surface area contributed by atoms with E-state index in [0.717, 1.165) is 11.1 Å². The fourth-order valence-electron chi connectivity index (χ4n) is 3.11. The number of aryl methyl sites for hydroxylation is 2. The number of carbonyl (C=O) groups is 1. The zero-order valence-electron chi connectivity index (χ0n) is 16.6. The van der Waals surface area contributed by atoms with Crippen LogP contribution in [0.3, 0.4) is 0 Å². The number of benzene rings is 3. The number of rotatable bonds is 4. The standard InChI is InChI=1S/C24H16ClFO5/c1-13-9-16(10-14(2)22(13)25)30-21-12-29-20-11-15(7-8-18(20)23(21)27)31-24(28)17-5-3-4-6-19(17)26/h3-12H,1-2H3. The second-order valence-corrected chi connectivity index (χ2v) is 7.31. The molecule has 0 saturated carbocycles. The van der Waals surface area contributed by atoms with Crippen LogP contribution in [0.1, 0.15) is 21.5 Å². The van der Waals surface area contributed by atoms with Crippen molar-refractivity contribution in [2.75, 3.05) is 0 Å². The van der Waals surface area contributed by atoms with Gasteiger partial charge in [-0.1, -0.05) is 23.7 Å². The summed E-state index contributed by atoms with van der Waals surface area (Å²) >= 11 is 6.17. The third-order valence-corrected chi connectivity index (χ3v) is 5.25. The van der Waals surface area contributed by atoms with Gasteiger partial charge in [-0.3, -0.25) is 4.79 Å². The predicted octanol–water partition coefficient (Wildman–Crippen LogP) is 6.21. The summed E-state index contributed by atoms with van der Waals surface area (Å²) < 4.78 is 30.2. The molecule has 0 unspecified atom stereocenters. The minimum absolute atomic E-state index is 0.00437. The molecular weight excluding hydrogens is 423 g/mol. The maximum atomic E-state index is 13.8. The van der Waals surface area contributed by atoms with E-state index in [-0.39, 0.29) is 28.0 Å². The van der Waals surface area contributed by atoms with Gasteiger partial charge < -0.3 is 13.9 Å². The molecule has 5 nitrogen and oxygen atoms in total. The van der Waals surface area contributed by atoms with Crippen molar-refractivity contribution >= 4 is 28.5 Å². The summed E-state index contributed by atoms with van der Waals surface area (Å²) in [5, 5.41) is 0.876. The van der Waals surface area contributed by atoms with E-state index in [1.165, 1.54) is 48.7 Å². The van der Waals surface area contributed by atoms with Gasteiger partial charge in [0.05, 0.1) is 10.9 Å². The van der Waals surface area contributed by atoms with E-state index in [2.05, 4.69) is 0 Å². The second kappa shape index (κ2) is 8.24. The van der Waals surface area contributed by atoms with Crippen LogP contribution in [0.2, 0.25) is 5.02 Å². The van der Waals surface area contributed by atoms with Gasteiger partial charge in [0, 0.05) is 11.1 Å². The van der Waals surface area contributed by atoms with Crippen molar-refractivity contribution in [2.45, 2.75) is 13.8 Å². The fraction of sp³-hybridized carbons (Fsp3) is 0.0833. The Hall–Kier alpha value is -3.64. The molecule has 0 bridgehead atoms. The molecule has 0 aliphatic rings. The summed E-state index contributed by atoms with van der Waals surface area (Å²) in [6, 6.07) is 13.2. The molecule has 0 aliphatic carbocycles. The minimum atomic E-state index is -0.853. The predicted molar refractivity (Wildman–Crippen MR) is 115 cm³/mol. The molecular formula is C24H16ClFO5. The van der Waals surface area contributed by atoms with Crippen LogP contribution in [-0.4, -0.2) is 5.97 Å². The van der Waals surface area contributed by atoms with Gasteiger partial charge in [-0.2, -0.15) is 0 Å². The van der Waals surface area contributed by atoms with E-state index in [9.17, 15) is 14.0 Å². The number of esters is 1. The quantitative estimate of drug-likeness (QED) is 0.280. The lowest BCUT2D eigenvalue weighted by Crippen LogP contribution is -2.11. The lowest BCUT2D eigenvalue weighted by Gasteiger charge is -2.10. The summed E-state index contributed by atoms with van der Waals surface area (Å²) in [7, 11) is 0. The van der Waals surface area contributed by atoms with Crippen LogP contribution in [0.4, 0.5) is 4.39 Å². The normalized spacial score (nSPS) is 10.8. The lowest BCUT2D eigenvalue weighted by atomic mass is 10.1. The summed E-state index contributed by atoms with van der Waals surface area (Å²) in [5.74, 6) is -0.963. The first-order valence-corrected chi connectivity index (χ1v) is 9.68. The van der Waals surface area contributed by atoms with Gasteiger partial charge in [0.2, 0.25) is 11.2 Å². The topological polar surface area (TPSA) is 65.7 Å². The maximum Gasteiger partial charge on any atom is 0.346 e. The molecule has 4 aromatic rings. The largest absolute Gasteiger partial charge is 0.460 e. The summed E-state index contributed by atoms with van der Waals surface area (Å²) in [6.45, 7) is 3.68. The molecule has 0 radical (unpaired) electrons. The summed E-state index contributed by atoms with van der Waals surface area (Å²) in [6.07, 6.45) is 1.19. The zero-order valence-corrected chi connectivity index (χ0v) is 17.3. The molecule has 7 heteroatoms. The number of fused-ring (bicyclic) bond motifs is 1. The SMILES string of the molecule is Cc1cc(Oc2coc3cc(OC(=O)c4ccccc4F)ccc3c2=O)cc(C)c1Cl. The Morgan fingerprint density at radius 2 is 1.71 bits per heavy atom. The molecule has 0 amide bonds. The Morgan fingerprint density at radius 3 is 2.42 bits per heavy atom. The van der Waals surface area contributed by atoms with Crippen LogP contribution in [0, 0.1) is 19.7 Å². The molecule has 0 fully saturated rings. The molecule has 4 rings (SSSR count). The highest BCUT2D eigenvalue weighted by atomic mass is 35.5. The first-order valence-electron chi connectivity index (χ1n) is 9.30. The Morgan fingerprint density at radius 1 is 1.00 bits per heavy atom. The van der Waals surface area contributed by atoms with Crippen LogP contribution < -0.4 is 14.9 Å². The van der Waals surface area contributed by atoms with Gasteiger partial charge in [-0.15, -0.1) is 0 Å². The lowest BCUT2D eigenvalue weighted by molar-refractivity contribution is 0.0730. The molecule has 0 saturated heterocycles. The second-order valence-electron chi connectivity index (χ2n) is 6.93. The van der Waals surface area contributed by atoms with E-state index >= 15 is 0 Å². The van der Waals surface area contributed by atoms with Crippen molar-refractivity contribution in [3.63, 3.8) is 0 Å². The highest BCUT2D eigenvalue weighted by Crippen LogP contribution is 2.29. The van der Waals surface area contributed by atoms with Crippen LogP contribution in [0.15, 0.2) is 70.1 Å². The van der Waals surface area contributed by atoms with Gasteiger partial charge in [0.15, 0.2) is 0 Å². The van der Waals surface area contributed by atoms with E-state index in [0.29, 0.717) is 10.8 Å². The van der Waals surface area contributed by atoms with Gasteiger partial charge in [0.25, 0.3) is 0 Å². The molecule has 0 atom stereocenters. The molecule has 0 N–H and O–H groups in total. The third kappa shape index (κ3) is 4.15. The Bertz CT molecular complexity index is 1350. The zero-order chi connectivity index (χ0) is 22.1. The van der Waals surface area contributed by atoms with E-state index in [4.69, 9.17) is 25.5 Å². The Labute approximate surface area is 181 Å². The van der Waals surface area contributed by atoms with Crippen molar-refractivity contribution < 1.29 is 23.1 Å². The van der Waals surface area contributed by atoms with Gasteiger partial charge in [0.1, 0.15) is 29.2 Å². The van der Waals surface area contributed by atoms with Crippen molar-refractivity contribution in [3.05, 3.63) is 98.6 Å². The number of hydrogen-bond acceptors (Lipinski definition) is 5. The van der Waals surface area contributed by atoms with E-state index in [1.54, 1.807) is 12.1 Å². The average Bonchev–Trinajstić information content (AvgIpc) is 2.74. The first-order chi connectivity index (χ1) is 14.8. The number of carbonyl (C=O) groups excluding carboxylic acids is 1. The van der Waals surface area contributed by atoms with E-state index < -0.39 is 17.2 Å². The van der Waals surface area contributed by atoms with Crippen LogP contribution in [0.5, 0.6) is 17.2 Å². The Kier molecular flexibility index (Phi) is 5.48. The molecule has 1 aromatic heterocycles. The van der Waals surface area contributed by atoms with Crippen LogP contribution >= 0.6 is 11.6 Å². The first kappa shape index (κ1) is 20.6. The van der Waals surface area contributed by atoms with Crippen LogP contribution in [0.25, 0.3) is 11.0 Å². The smallest absolute Gasteiger partial charge is 0.346 e. The van der Waals surface area contributed by atoms with Gasteiger partial charge >= 0.3 is 5.97 Å². The van der Waals surface area contributed by atoms with Crippen molar-refractivity contribution in [2.24, 2.45) is 0 Å². The number of ether oxygens (including phenoxy) is 2. The van der Waals surface area contributed by atoms with Crippen molar-refractivity contribution in [1.29, 1.82) is 0 Å². The fourth-order valence-corrected chi connectivity index (χ4v) is 3.21. The van der Waals surface area contributed by atoms with Crippen molar-refractivity contribution in [1.82, 2.24) is 0 Å². The summed E-state index contributed by atoms with van der Waals surface area (Å²) in [4.78, 5) is 25.0. The van der Waals surface area contributed by atoms with Gasteiger partial charge in [-0.05, 0) is 61.4 Å². The molecule has 3 aromatic carbocycles. The molecule has 0 aliphatic heterocycles. The number of hydrogen-bond donors (Lipinski definition) is 0. The molecule has 1 heterocycles. The Balaban J connectivity index is 1.62. The highest BCUT2D eigenvalue weighted by molar-refractivity contribution is 6.32. The molecule has 0 spiro atoms. The molecule has 156 valence electrons. The van der Waals surface area contributed by atoms with E-state index in [1.807, 2.05) is 13.8 Å². The molecule has 31 heavy (non-hydrogen) atoms. The van der Waals surface area contributed by atoms with Gasteiger partial charge in [-0.25, -0.2) is 9.18 Å². The minimum Gasteiger partial charge on any atom is -0.460 e. The highest BCUT2D eigenvalue weighted by Gasteiger charge is 2.16. The maximum absolute atomic E-state index is 13.8. The third-order valence-electron chi connectivity index (χ3n) is 4.66.